The lowest BCUT2D eigenvalue weighted by molar-refractivity contribution is 0.0534. The van der Waals surface area contributed by atoms with E-state index in [2.05, 4.69) is 15.0 Å². The van der Waals surface area contributed by atoms with Crippen LogP contribution in [-0.2, 0) is 22.9 Å². The lowest BCUT2D eigenvalue weighted by Crippen LogP contribution is -2.49. The van der Waals surface area contributed by atoms with Gasteiger partial charge in [0.15, 0.2) is 0 Å². The summed E-state index contributed by atoms with van der Waals surface area (Å²) in [5.74, 6) is 0. The van der Waals surface area contributed by atoms with E-state index in [9.17, 15) is 4.79 Å². The molecule has 2 aromatic rings. The highest BCUT2D eigenvalue weighted by Gasteiger charge is 2.31. The molecule has 0 N–H and O–H groups in total. The van der Waals surface area contributed by atoms with E-state index < -0.39 is 0 Å². The Bertz CT molecular complexity index is 990. The highest BCUT2D eigenvalue weighted by molar-refractivity contribution is 6.54. The molecule has 0 spiro atoms. The van der Waals surface area contributed by atoms with Gasteiger partial charge in [-0.3, -0.25) is 9.67 Å². The monoisotopic (exact) mass is 429 g/mol. The molecule has 0 unspecified atom stereocenters. The molecule has 2 saturated heterocycles. The number of rotatable bonds is 3. The number of aromatic nitrogens is 3. The van der Waals surface area contributed by atoms with Gasteiger partial charge in [-0.2, -0.15) is 5.10 Å². The van der Waals surface area contributed by atoms with E-state index in [0.717, 1.165) is 52.6 Å². The molecule has 3 aliphatic rings. The van der Waals surface area contributed by atoms with Crippen LogP contribution in [0.5, 0.6) is 0 Å². The van der Waals surface area contributed by atoms with E-state index >= 15 is 0 Å². The van der Waals surface area contributed by atoms with Crippen LogP contribution < -0.4 is 4.90 Å². The highest BCUT2D eigenvalue weighted by atomic mass is 35.5. The second kappa shape index (κ2) is 7.92. The molecule has 2 fully saturated rings. The minimum atomic E-state index is -0.248. The second-order valence-corrected chi connectivity index (χ2v) is 8.25. The van der Waals surface area contributed by atoms with Crippen LogP contribution in [0, 0.1) is 0 Å². The topological polar surface area (TPSA) is 72.7 Å². The van der Waals surface area contributed by atoms with Crippen molar-refractivity contribution in [3.63, 3.8) is 0 Å². The Hall–Kier alpha value is -2.58. The number of allylic oxidation sites excluding steroid dienone is 1. The fourth-order valence-corrected chi connectivity index (χ4v) is 4.67. The summed E-state index contributed by atoms with van der Waals surface area (Å²) < 4.78 is 12.6. The molecular weight excluding hydrogens is 406 g/mol. The zero-order valence-electron chi connectivity index (χ0n) is 16.9. The summed E-state index contributed by atoms with van der Waals surface area (Å²) in [6, 6.07) is 2.01. The maximum atomic E-state index is 12.4. The van der Waals surface area contributed by atoms with Gasteiger partial charge in [0.2, 0.25) is 0 Å². The Kier molecular flexibility index (Phi) is 5.12. The Labute approximate surface area is 180 Å². The Morgan fingerprint density at radius 2 is 2.13 bits per heavy atom. The summed E-state index contributed by atoms with van der Waals surface area (Å²) in [6.45, 7) is 3.83. The maximum absolute atomic E-state index is 12.4. The molecule has 158 valence electrons. The van der Waals surface area contributed by atoms with Crippen molar-refractivity contribution in [2.24, 2.45) is 7.05 Å². The first-order chi connectivity index (χ1) is 14.6. The molecule has 5 rings (SSSR count). The third kappa shape index (κ3) is 3.54. The van der Waals surface area contributed by atoms with Crippen molar-refractivity contribution in [3.8, 4) is 0 Å². The molecule has 4 heterocycles. The van der Waals surface area contributed by atoms with Crippen LogP contribution >= 0.6 is 11.6 Å². The van der Waals surface area contributed by atoms with Gasteiger partial charge in [0.1, 0.15) is 6.10 Å². The standard InChI is InChI=1S/C21H24ClN5O3/c1-25-12-14(11-24-25)16-10-17-19(20(16)22)18(2-4-23-17)26-5-7-27(8-6-26)21(28)30-15-3-9-29-13-15/h2,4,11-12,15H,3,5-10,13H2,1H3/t15-/m0/s1. The van der Waals surface area contributed by atoms with E-state index in [0.29, 0.717) is 32.7 Å². The lowest BCUT2D eigenvalue weighted by atomic mass is 10.1. The summed E-state index contributed by atoms with van der Waals surface area (Å²) in [5.41, 5.74) is 5.13. The zero-order valence-corrected chi connectivity index (χ0v) is 17.6. The van der Waals surface area contributed by atoms with Crippen LogP contribution in [0.25, 0.3) is 10.6 Å². The van der Waals surface area contributed by atoms with Crippen molar-refractivity contribution in [1.29, 1.82) is 0 Å². The number of hydrogen-bond acceptors (Lipinski definition) is 6. The van der Waals surface area contributed by atoms with Crippen LogP contribution in [-0.4, -0.2) is 71.3 Å². The number of anilines is 1. The highest BCUT2D eigenvalue weighted by Crippen LogP contribution is 2.44. The van der Waals surface area contributed by atoms with Crippen LogP contribution in [0.4, 0.5) is 10.5 Å². The van der Waals surface area contributed by atoms with Gasteiger partial charge >= 0.3 is 6.09 Å². The van der Waals surface area contributed by atoms with Gasteiger partial charge in [-0.25, -0.2) is 4.79 Å². The molecule has 0 aromatic carbocycles. The molecule has 8 nitrogen and oxygen atoms in total. The van der Waals surface area contributed by atoms with E-state index in [1.165, 1.54) is 0 Å². The number of nitrogens with zero attached hydrogens (tertiary/aromatic N) is 5. The van der Waals surface area contributed by atoms with E-state index in [-0.39, 0.29) is 12.2 Å². The molecule has 9 heteroatoms. The van der Waals surface area contributed by atoms with Gasteiger partial charge in [0.25, 0.3) is 0 Å². The van der Waals surface area contributed by atoms with Crippen molar-refractivity contribution < 1.29 is 14.3 Å². The van der Waals surface area contributed by atoms with E-state index in [1.54, 1.807) is 9.58 Å². The van der Waals surface area contributed by atoms with Crippen molar-refractivity contribution in [3.05, 3.63) is 41.5 Å². The molecule has 1 aliphatic carbocycles. The number of piperazine rings is 1. The molecule has 2 aliphatic heterocycles. The van der Waals surface area contributed by atoms with Crippen LogP contribution in [0.15, 0.2) is 24.7 Å². The van der Waals surface area contributed by atoms with Gasteiger partial charge < -0.3 is 19.3 Å². The number of fused-ring (bicyclic) bond motifs is 1. The van der Waals surface area contributed by atoms with Gasteiger partial charge in [0, 0.05) is 75.3 Å². The molecule has 0 radical (unpaired) electrons. The van der Waals surface area contributed by atoms with Gasteiger partial charge in [-0.15, -0.1) is 0 Å². The number of amides is 1. The van der Waals surface area contributed by atoms with Crippen molar-refractivity contribution in [1.82, 2.24) is 19.7 Å². The average Bonchev–Trinajstić information content (AvgIpc) is 3.49. The fraction of sp³-hybridized carbons (Fsp3) is 0.476. The van der Waals surface area contributed by atoms with Crippen LogP contribution in [0.2, 0.25) is 0 Å². The van der Waals surface area contributed by atoms with Crippen molar-refractivity contribution in [2.75, 3.05) is 44.3 Å². The first-order valence-electron chi connectivity index (χ1n) is 10.2. The first-order valence-corrected chi connectivity index (χ1v) is 10.6. The average molecular weight is 430 g/mol. The lowest BCUT2D eigenvalue weighted by Gasteiger charge is -2.36. The zero-order chi connectivity index (χ0) is 20.7. The molecule has 1 atom stereocenters. The summed E-state index contributed by atoms with van der Waals surface area (Å²) in [5, 5.41) is 5.01. The molecule has 30 heavy (non-hydrogen) atoms. The van der Waals surface area contributed by atoms with E-state index in [1.807, 2.05) is 31.7 Å². The number of aryl methyl sites for hydroxylation is 1. The van der Waals surface area contributed by atoms with Crippen molar-refractivity contribution in [2.45, 2.75) is 18.9 Å². The third-order valence-corrected chi connectivity index (χ3v) is 6.34. The minimum Gasteiger partial charge on any atom is -0.444 e. The maximum Gasteiger partial charge on any atom is 0.410 e. The summed E-state index contributed by atoms with van der Waals surface area (Å²) in [6.07, 6.45) is 6.76. The summed E-state index contributed by atoms with van der Waals surface area (Å²) in [7, 11) is 1.90. The fourth-order valence-electron chi connectivity index (χ4n) is 4.28. The molecule has 0 bridgehead atoms. The summed E-state index contributed by atoms with van der Waals surface area (Å²) >= 11 is 6.83. The largest absolute Gasteiger partial charge is 0.444 e. The predicted octanol–water partition coefficient (Wildman–Crippen LogP) is 2.53. The third-order valence-electron chi connectivity index (χ3n) is 5.92. The molecule has 1 amide bonds. The molecule has 0 saturated carbocycles. The van der Waals surface area contributed by atoms with Gasteiger partial charge in [0.05, 0.1) is 30.1 Å². The van der Waals surface area contributed by atoms with Gasteiger partial charge in [-0.1, -0.05) is 11.6 Å². The Balaban J connectivity index is 1.31. The quantitative estimate of drug-likeness (QED) is 0.746. The number of carbonyl (C=O) groups excluding carboxylic acids is 1. The molecule has 2 aromatic heterocycles. The van der Waals surface area contributed by atoms with Crippen LogP contribution in [0.1, 0.15) is 23.2 Å². The predicted molar refractivity (Wildman–Crippen MR) is 113 cm³/mol. The number of halogens is 1. The number of ether oxygens (including phenoxy) is 2. The number of pyridine rings is 1. The van der Waals surface area contributed by atoms with Gasteiger partial charge in [-0.05, 0) is 11.6 Å². The first kappa shape index (κ1) is 19.4. The second-order valence-electron chi connectivity index (χ2n) is 7.87. The van der Waals surface area contributed by atoms with Crippen LogP contribution in [0.3, 0.4) is 0 Å². The summed E-state index contributed by atoms with van der Waals surface area (Å²) in [4.78, 5) is 21.0. The molecular formula is C21H24ClN5O3. The SMILES string of the molecule is Cn1cc(C2=C(Cl)c3c(N4CCN(C(=O)O[C@H]5CCOC5)CC4)ccnc3C2)cn1. The Morgan fingerprint density at radius 1 is 1.30 bits per heavy atom. The minimum absolute atomic E-state index is 0.117. The van der Waals surface area contributed by atoms with Crippen molar-refractivity contribution >= 4 is 34.0 Å². The normalized spacial score (nSPS) is 21.3. The number of carbonyl (C=O) groups is 1. The smallest absolute Gasteiger partial charge is 0.410 e. The number of hydrogen-bond donors (Lipinski definition) is 0. The Morgan fingerprint density at radius 3 is 2.83 bits per heavy atom. The van der Waals surface area contributed by atoms with E-state index in [4.69, 9.17) is 21.1 Å².